The first-order chi connectivity index (χ1) is 13.0. The molecular weight excluding hydrogens is 340 g/mol. The van der Waals surface area contributed by atoms with Crippen molar-refractivity contribution in [2.45, 2.75) is 39.7 Å². The number of benzene rings is 1. The van der Waals surface area contributed by atoms with Crippen LogP contribution < -0.4 is 5.32 Å². The number of H-pyrrole nitrogens is 1. The zero-order valence-electron chi connectivity index (χ0n) is 16.1. The third-order valence-corrected chi connectivity index (χ3v) is 4.94. The molecule has 3 rings (SSSR count). The van der Waals surface area contributed by atoms with Crippen LogP contribution >= 0.6 is 0 Å². The minimum Gasteiger partial charge on any atom is -0.352 e. The minimum absolute atomic E-state index is 0.0338. The van der Waals surface area contributed by atoms with E-state index < -0.39 is 0 Å². The molecule has 1 fully saturated rings. The van der Waals surface area contributed by atoms with Gasteiger partial charge in [0.05, 0.1) is 0 Å². The molecule has 1 aliphatic heterocycles. The van der Waals surface area contributed by atoms with Crippen LogP contribution in [0.2, 0.25) is 0 Å². The van der Waals surface area contributed by atoms with Gasteiger partial charge < -0.3 is 10.2 Å². The van der Waals surface area contributed by atoms with E-state index in [0.717, 1.165) is 17.7 Å². The van der Waals surface area contributed by atoms with Crippen molar-refractivity contribution < 1.29 is 9.59 Å². The molecule has 0 unspecified atom stereocenters. The maximum atomic E-state index is 12.6. The Kier molecular flexibility index (Phi) is 6.27. The van der Waals surface area contributed by atoms with Gasteiger partial charge in [0.15, 0.2) is 0 Å². The molecule has 2 aromatic rings. The van der Waals surface area contributed by atoms with Crippen LogP contribution in [0.25, 0.3) is 0 Å². The normalized spacial score (nSPS) is 15.1. The molecule has 0 aliphatic carbocycles. The van der Waals surface area contributed by atoms with Gasteiger partial charge in [-0.05, 0) is 36.8 Å². The number of amides is 2. The van der Waals surface area contributed by atoms with Crippen molar-refractivity contribution in [2.75, 3.05) is 13.1 Å². The molecule has 1 aliphatic rings. The first-order valence-electron chi connectivity index (χ1n) is 9.68. The molecule has 144 valence electrons. The Balaban J connectivity index is 1.47. The van der Waals surface area contributed by atoms with Gasteiger partial charge in [0.2, 0.25) is 5.91 Å². The standard InChI is InChI=1S/C21H28N4O2/c1-15(2)12-18-13-19(24-23-18)21(27)25-10-8-17(9-11-25)20(26)22-14-16-6-4-3-5-7-16/h3-7,13,15,17H,8-12,14H2,1-2H3,(H,22,26)(H,23,24). The number of aromatic amines is 1. The van der Waals surface area contributed by atoms with E-state index in [1.165, 1.54) is 0 Å². The first-order valence-corrected chi connectivity index (χ1v) is 9.68. The molecule has 0 radical (unpaired) electrons. The van der Waals surface area contributed by atoms with Gasteiger partial charge in [0.25, 0.3) is 5.91 Å². The number of hydrogen-bond donors (Lipinski definition) is 2. The Morgan fingerprint density at radius 3 is 2.59 bits per heavy atom. The topological polar surface area (TPSA) is 78.1 Å². The summed E-state index contributed by atoms with van der Waals surface area (Å²) in [5.41, 5.74) is 2.55. The van der Waals surface area contributed by atoms with Gasteiger partial charge >= 0.3 is 0 Å². The van der Waals surface area contributed by atoms with Crippen LogP contribution in [0.15, 0.2) is 36.4 Å². The SMILES string of the molecule is CC(C)Cc1cc(C(=O)N2CCC(C(=O)NCc3ccccc3)CC2)n[nH]1. The summed E-state index contributed by atoms with van der Waals surface area (Å²) in [6.45, 7) is 6.00. The molecule has 0 spiro atoms. The predicted molar refractivity (Wildman–Crippen MR) is 104 cm³/mol. The number of piperidine rings is 1. The summed E-state index contributed by atoms with van der Waals surface area (Å²) in [4.78, 5) is 26.8. The Morgan fingerprint density at radius 2 is 1.93 bits per heavy atom. The number of nitrogens with one attached hydrogen (secondary N) is 2. The van der Waals surface area contributed by atoms with E-state index in [1.54, 1.807) is 4.90 Å². The molecule has 1 aromatic carbocycles. The van der Waals surface area contributed by atoms with E-state index in [1.807, 2.05) is 36.4 Å². The van der Waals surface area contributed by atoms with Crippen LogP contribution in [0, 0.1) is 11.8 Å². The van der Waals surface area contributed by atoms with Crippen molar-refractivity contribution in [3.8, 4) is 0 Å². The molecule has 0 saturated carbocycles. The largest absolute Gasteiger partial charge is 0.352 e. The lowest BCUT2D eigenvalue weighted by Crippen LogP contribution is -2.43. The van der Waals surface area contributed by atoms with Crippen molar-refractivity contribution >= 4 is 11.8 Å². The van der Waals surface area contributed by atoms with E-state index in [0.29, 0.717) is 44.1 Å². The van der Waals surface area contributed by atoms with Gasteiger partial charge in [0, 0.05) is 31.2 Å². The summed E-state index contributed by atoms with van der Waals surface area (Å²) in [6.07, 6.45) is 2.26. The second-order valence-electron chi connectivity index (χ2n) is 7.65. The fourth-order valence-electron chi connectivity index (χ4n) is 3.45. The van der Waals surface area contributed by atoms with Crippen LogP contribution in [-0.2, 0) is 17.8 Å². The highest BCUT2D eigenvalue weighted by atomic mass is 16.2. The average molecular weight is 368 g/mol. The highest BCUT2D eigenvalue weighted by Gasteiger charge is 2.28. The number of likely N-dealkylation sites (tertiary alicyclic amines) is 1. The average Bonchev–Trinajstić information content (AvgIpc) is 3.14. The highest BCUT2D eigenvalue weighted by Crippen LogP contribution is 2.19. The van der Waals surface area contributed by atoms with Gasteiger partial charge in [0.1, 0.15) is 5.69 Å². The van der Waals surface area contributed by atoms with Gasteiger partial charge in [-0.2, -0.15) is 5.10 Å². The Morgan fingerprint density at radius 1 is 1.22 bits per heavy atom. The first kappa shape index (κ1) is 19.1. The van der Waals surface area contributed by atoms with E-state index in [9.17, 15) is 9.59 Å². The zero-order chi connectivity index (χ0) is 19.2. The highest BCUT2D eigenvalue weighted by molar-refractivity contribution is 5.92. The lowest BCUT2D eigenvalue weighted by Gasteiger charge is -2.30. The monoisotopic (exact) mass is 368 g/mol. The third kappa shape index (κ3) is 5.18. The smallest absolute Gasteiger partial charge is 0.274 e. The molecule has 0 atom stereocenters. The number of rotatable bonds is 6. The molecule has 6 heteroatoms. The van der Waals surface area contributed by atoms with Crippen LogP contribution in [0.5, 0.6) is 0 Å². The summed E-state index contributed by atoms with van der Waals surface area (Å²) in [5.74, 6) is 0.501. The van der Waals surface area contributed by atoms with E-state index in [-0.39, 0.29) is 17.7 Å². The molecule has 0 bridgehead atoms. The summed E-state index contributed by atoms with van der Waals surface area (Å²) in [5, 5.41) is 10.1. The van der Waals surface area contributed by atoms with E-state index in [2.05, 4.69) is 29.4 Å². The lowest BCUT2D eigenvalue weighted by molar-refractivity contribution is -0.126. The van der Waals surface area contributed by atoms with Gasteiger partial charge in [-0.15, -0.1) is 0 Å². The summed E-state index contributed by atoms with van der Waals surface area (Å²) in [6, 6.07) is 11.7. The molecule has 27 heavy (non-hydrogen) atoms. The molecule has 1 saturated heterocycles. The number of carbonyl (C=O) groups is 2. The fraction of sp³-hybridized carbons (Fsp3) is 0.476. The summed E-state index contributed by atoms with van der Waals surface area (Å²) in [7, 11) is 0. The van der Waals surface area contributed by atoms with Crippen LogP contribution in [0.4, 0.5) is 0 Å². The van der Waals surface area contributed by atoms with Crippen molar-refractivity contribution in [3.05, 3.63) is 53.3 Å². The van der Waals surface area contributed by atoms with E-state index in [4.69, 9.17) is 0 Å². The second-order valence-corrected chi connectivity index (χ2v) is 7.65. The maximum Gasteiger partial charge on any atom is 0.274 e. The van der Waals surface area contributed by atoms with Crippen LogP contribution in [0.3, 0.4) is 0 Å². The van der Waals surface area contributed by atoms with Crippen LogP contribution in [-0.4, -0.2) is 40.0 Å². The molecule has 2 heterocycles. The van der Waals surface area contributed by atoms with Crippen molar-refractivity contribution in [3.63, 3.8) is 0 Å². The zero-order valence-corrected chi connectivity index (χ0v) is 16.1. The molecule has 6 nitrogen and oxygen atoms in total. The summed E-state index contributed by atoms with van der Waals surface area (Å²) < 4.78 is 0. The maximum absolute atomic E-state index is 12.6. The summed E-state index contributed by atoms with van der Waals surface area (Å²) >= 11 is 0. The number of nitrogens with zero attached hydrogens (tertiary/aromatic N) is 2. The Labute approximate surface area is 160 Å². The number of hydrogen-bond acceptors (Lipinski definition) is 3. The molecule has 2 amide bonds. The number of aromatic nitrogens is 2. The lowest BCUT2D eigenvalue weighted by atomic mass is 9.95. The minimum atomic E-state index is -0.0515. The predicted octanol–water partition coefficient (Wildman–Crippen LogP) is 2.78. The van der Waals surface area contributed by atoms with Crippen molar-refractivity contribution in [1.29, 1.82) is 0 Å². The molecular formula is C21H28N4O2. The van der Waals surface area contributed by atoms with Gasteiger partial charge in [-0.1, -0.05) is 44.2 Å². The fourth-order valence-corrected chi connectivity index (χ4v) is 3.45. The quantitative estimate of drug-likeness (QED) is 0.823. The molecule has 1 aromatic heterocycles. The van der Waals surface area contributed by atoms with Gasteiger partial charge in [-0.25, -0.2) is 0 Å². The number of carbonyl (C=O) groups excluding carboxylic acids is 2. The second kappa shape index (κ2) is 8.84. The van der Waals surface area contributed by atoms with E-state index >= 15 is 0 Å². The third-order valence-electron chi connectivity index (χ3n) is 4.94. The van der Waals surface area contributed by atoms with Gasteiger partial charge in [-0.3, -0.25) is 14.7 Å². The van der Waals surface area contributed by atoms with Crippen molar-refractivity contribution in [1.82, 2.24) is 20.4 Å². The Bertz CT molecular complexity index is 761. The Hall–Kier alpha value is -2.63. The van der Waals surface area contributed by atoms with Crippen molar-refractivity contribution in [2.24, 2.45) is 11.8 Å². The van der Waals surface area contributed by atoms with Crippen LogP contribution in [0.1, 0.15) is 48.4 Å². The molecule has 2 N–H and O–H groups in total.